The highest BCUT2D eigenvalue weighted by molar-refractivity contribution is 9.09. The van der Waals surface area contributed by atoms with Crippen LogP contribution in [0.1, 0.15) is 71.6 Å². The van der Waals surface area contributed by atoms with Crippen LogP contribution in [0.4, 0.5) is 0 Å². The zero-order chi connectivity index (χ0) is 15.9. The molecule has 3 nitrogen and oxygen atoms in total. The Bertz CT molecular complexity index is 279. The minimum absolute atomic E-state index is 0.172. The van der Waals surface area contributed by atoms with Crippen LogP contribution in [-0.4, -0.2) is 28.6 Å². The molecule has 1 N–H and O–H groups in total. The predicted molar refractivity (Wildman–Crippen MR) is 91.7 cm³/mol. The summed E-state index contributed by atoms with van der Waals surface area (Å²) in [5.41, 5.74) is 0. The molecule has 0 aromatic rings. The summed E-state index contributed by atoms with van der Waals surface area (Å²) >= 11 is 3.09. The van der Waals surface area contributed by atoms with Gasteiger partial charge in [0.2, 0.25) is 0 Å². The van der Waals surface area contributed by atoms with Gasteiger partial charge in [0.05, 0.1) is 6.10 Å². The molecule has 0 aromatic heterocycles. The second-order valence-corrected chi connectivity index (χ2v) is 5.99. The molecule has 0 aliphatic carbocycles. The van der Waals surface area contributed by atoms with Crippen LogP contribution in [0.3, 0.4) is 0 Å². The molecule has 0 aliphatic heterocycles. The van der Waals surface area contributed by atoms with E-state index in [1.807, 2.05) is 6.08 Å². The largest absolute Gasteiger partial charge is 0.459 e. The third-order valence-electron chi connectivity index (χ3n) is 3.43. The average molecular weight is 363 g/mol. The SMILES string of the molecule is CCCCC/C=C\CC(OC(=O)CBr)C(O)CCCCC. The van der Waals surface area contributed by atoms with Crippen molar-refractivity contribution in [2.24, 2.45) is 0 Å². The number of esters is 1. The van der Waals surface area contributed by atoms with Crippen molar-refractivity contribution < 1.29 is 14.6 Å². The van der Waals surface area contributed by atoms with E-state index in [1.165, 1.54) is 19.3 Å². The van der Waals surface area contributed by atoms with Gasteiger partial charge in [-0.05, 0) is 19.3 Å². The van der Waals surface area contributed by atoms with E-state index in [9.17, 15) is 9.90 Å². The van der Waals surface area contributed by atoms with Crippen LogP contribution in [0.2, 0.25) is 0 Å². The third-order valence-corrected chi connectivity index (χ3v) is 3.89. The van der Waals surface area contributed by atoms with Crippen LogP contribution < -0.4 is 0 Å². The van der Waals surface area contributed by atoms with E-state index in [0.717, 1.165) is 25.7 Å². The molecule has 21 heavy (non-hydrogen) atoms. The van der Waals surface area contributed by atoms with E-state index in [0.29, 0.717) is 12.8 Å². The number of carbonyl (C=O) groups excluding carboxylic acids is 1. The molecule has 0 saturated carbocycles. The lowest BCUT2D eigenvalue weighted by molar-refractivity contribution is -0.151. The first-order valence-electron chi connectivity index (χ1n) is 8.24. The molecule has 2 atom stereocenters. The molecule has 0 saturated heterocycles. The van der Waals surface area contributed by atoms with Gasteiger partial charge in [-0.3, -0.25) is 4.79 Å². The fourth-order valence-corrected chi connectivity index (χ4v) is 2.27. The molecule has 0 fully saturated rings. The Hall–Kier alpha value is -0.350. The first kappa shape index (κ1) is 20.6. The molecule has 0 bridgehead atoms. The Morgan fingerprint density at radius 3 is 2.43 bits per heavy atom. The zero-order valence-corrected chi connectivity index (χ0v) is 15.1. The van der Waals surface area contributed by atoms with E-state index in [1.54, 1.807) is 0 Å². The molecular weight excluding hydrogens is 332 g/mol. The molecule has 0 aromatic carbocycles. The number of unbranched alkanes of at least 4 members (excludes halogenated alkanes) is 5. The van der Waals surface area contributed by atoms with Crippen LogP contribution >= 0.6 is 15.9 Å². The van der Waals surface area contributed by atoms with Crippen molar-refractivity contribution >= 4 is 21.9 Å². The van der Waals surface area contributed by atoms with Gasteiger partial charge in [-0.15, -0.1) is 0 Å². The Morgan fingerprint density at radius 2 is 1.81 bits per heavy atom. The monoisotopic (exact) mass is 362 g/mol. The van der Waals surface area contributed by atoms with Crippen molar-refractivity contribution in [2.75, 3.05) is 5.33 Å². The highest BCUT2D eigenvalue weighted by Crippen LogP contribution is 2.14. The molecule has 0 aliphatic rings. The van der Waals surface area contributed by atoms with Crippen LogP contribution in [0, 0.1) is 0 Å². The molecule has 2 unspecified atom stereocenters. The summed E-state index contributed by atoms with van der Waals surface area (Å²) in [4.78, 5) is 11.4. The lowest BCUT2D eigenvalue weighted by atomic mass is 10.0. The summed E-state index contributed by atoms with van der Waals surface area (Å²) in [6, 6.07) is 0. The minimum Gasteiger partial charge on any atom is -0.459 e. The van der Waals surface area contributed by atoms with Crippen LogP contribution in [0.25, 0.3) is 0 Å². The normalized spacial score (nSPS) is 14.3. The van der Waals surface area contributed by atoms with Crippen molar-refractivity contribution in [2.45, 2.75) is 83.8 Å². The molecule has 0 heterocycles. The Morgan fingerprint density at radius 1 is 1.14 bits per heavy atom. The maximum atomic E-state index is 11.4. The van der Waals surface area contributed by atoms with Gasteiger partial charge in [-0.1, -0.05) is 74.0 Å². The minimum atomic E-state index is -0.570. The number of halogens is 1. The molecule has 0 radical (unpaired) electrons. The summed E-state index contributed by atoms with van der Waals surface area (Å²) < 4.78 is 5.33. The van der Waals surface area contributed by atoms with Gasteiger partial charge in [-0.25, -0.2) is 0 Å². The number of carbonyl (C=O) groups is 1. The lowest BCUT2D eigenvalue weighted by Crippen LogP contribution is -2.31. The van der Waals surface area contributed by atoms with Gasteiger partial charge in [-0.2, -0.15) is 0 Å². The fraction of sp³-hybridized carbons (Fsp3) is 0.824. The molecular formula is C17H31BrO3. The highest BCUT2D eigenvalue weighted by Gasteiger charge is 2.21. The van der Waals surface area contributed by atoms with Crippen molar-refractivity contribution in [3.05, 3.63) is 12.2 Å². The topological polar surface area (TPSA) is 46.5 Å². The summed E-state index contributed by atoms with van der Waals surface area (Å²) in [6.07, 6.45) is 12.4. The second kappa shape index (κ2) is 14.6. The van der Waals surface area contributed by atoms with Crippen LogP contribution in [0.5, 0.6) is 0 Å². The molecule has 4 heteroatoms. The number of aliphatic hydroxyl groups excluding tert-OH is 1. The van der Waals surface area contributed by atoms with Crippen molar-refractivity contribution in [3.63, 3.8) is 0 Å². The first-order valence-corrected chi connectivity index (χ1v) is 9.36. The molecule has 0 rings (SSSR count). The number of hydrogen-bond acceptors (Lipinski definition) is 3. The van der Waals surface area contributed by atoms with Crippen molar-refractivity contribution in [1.29, 1.82) is 0 Å². The van der Waals surface area contributed by atoms with Gasteiger partial charge < -0.3 is 9.84 Å². The number of alkyl halides is 1. The summed E-state index contributed by atoms with van der Waals surface area (Å²) in [5, 5.41) is 10.4. The van der Waals surface area contributed by atoms with Crippen molar-refractivity contribution in [1.82, 2.24) is 0 Å². The first-order chi connectivity index (χ1) is 10.2. The van der Waals surface area contributed by atoms with E-state index < -0.39 is 12.2 Å². The molecule has 124 valence electrons. The van der Waals surface area contributed by atoms with Gasteiger partial charge in [0.25, 0.3) is 0 Å². The smallest absolute Gasteiger partial charge is 0.316 e. The average Bonchev–Trinajstić information content (AvgIpc) is 2.49. The molecule has 0 spiro atoms. The Labute approximate surface area is 138 Å². The number of rotatable bonds is 13. The predicted octanol–water partition coefficient (Wildman–Crippen LogP) is 4.76. The Balaban J connectivity index is 4.20. The number of ether oxygens (including phenoxy) is 1. The quantitative estimate of drug-likeness (QED) is 0.222. The zero-order valence-electron chi connectivity index (χ0n) is 13.5. The number of aliphatic hydroxyl groups is 1. The van der Waals surface area contributed by atoms with Gasteiger partial charge >= 0.3 is 5.97 Å². The van der Waals surface area contributed by atoms with Crippen molar-refractivity contribution in [3.8, 4) is 0 Å². The third kappa shape index (κ3) is 11.9. The maximum absolute atomic E-state index is 11.4. The van der Waals surface area contributed by atoms with E-state index >= 15 is 0 Å². The molecule has 0 amide bonds. The van der Waals surface area contributed by atoms with E-state index in [-0.39, 0.29) is 11.3 Å². The highest BCUT2D eigenvalue weighted by atomic mass is 79.9. The fourth-order valence-electron chi connectivity index (χ4n) is 2.13. The number of allylic oxidation sites excluding steroid dienone is 1. The van der Waals surface area contributed by atoms with Crippen LogP contribution in [0.15, 0.2) is 12.2 Å². The standard InChI is InChI=1S/C17H31BrO3/c1-3-5-7-8-9-11-13-16(21-17(20)14-18)15(19)12-10-6-4-2/h9,11,15-16,19H,3-8,10,12-14H2,1-2H3/b11-9-. The summed E-state index contributed by atoms with van der Waals surface area (Å²) in [7, 11) is 0. The van der Waals surface area contributed by atoms with Gasteiger partial charge in [0, 0.05) is 6.42 Å². The van der Waals surface area contributed by atoms with E-state index in [2.05, 4.69) is 35.9 Å². The number of hydrogen-bond donors (Lipinski definition) is 1. The summed E-state index contributed by atoms with van der Waals surface area (Å²) in [6.45, 7) is 4.32. The lowest BCUT2D eigenvalue weighted by Gasteiger charge is -2.22. The maximum Gasteiger partial charge on any atom is 0.316 e. The van der Waals surface area contributed by atoms with Gasteiger partial charge in [0.15, 0.2) is 0 Å². The van der Waals surface area contributed by atoms with Crippen LogP contribution in [-0.2, 0) is 9.53 Å². The van der Waals surface area contributed by atoms with Gasteiger partial charge in [0.1, 0.15) is 11.4 Å². The summed E-state index contributed by atoms with van der Waals surface area (Å²) in [5.74, 6) is -0.311. The second-order valence-electron chi connectivity index (χ2n) is 5.43. The van der Waals surface area contributed by atoms with E-state index in [4.69, 9.17) is 4.74 Å². The Kier molecular flexibility index (Phi) is 14.3.